The lowest BCUT2D eigenvalue weighted by molar-refractivity contribution is -0.191. The summed E-state index contributed by atoms with van der Waals surface area (Å²) in [6.45, 7) is 3.90. The summed E-state index contributed by atoms with van der Waals surface area (Å²) >= 11 is 6.50. The van der Waals surface area contributed by atoms with Crippen molar-refractivity contribution in [2.45, 2.75) is 82.8 Å². The highest BCUT2D eigenvalue weighted by atomic mass is 35.5. The van der Waals surface area contributed by atoms with Crippen LogP contribution in [0.15, 0.2) is 90.3 Å². The first-order valence-corrected chi connectivity index (χ1v) is 19.7. The average Bonchev–Trinajstić information content (AvgIpc) is 3.81. The molecule has 3 amide bonds. The summed E-state index contributed by atoms with van der Waals surface area (Å²) in [4.78, 5) is 55.5. The van der Waals surface area contributed by atoms with E-state index < -0.39 is 96.5 Å². The van der Waals surface area contributed by atoms with Gasteiger partial charge < -0.3 is 9.84 Å². The fourth-order valence-electron chi connectivity index (χ4n) is 7.86. The third-order valence-electron chi connectivity index (χ3n) is 10.8. The molecule has 0 spiro atoms. The Morgan fingerprint density at radius 1 is 0.968 bits per heavy atom. The molecule has 1 aliphatic heterocycles. The number of hydrogen-bond donors (Lipinski definition) is 2. The molecule has 1 aliphatic carbocycles. The Kier molecular flexibility index (Phi) is 11.9. The number of ether oxygens (including phenoxy) is 1. The lowest BCUT2D eigenvalue weighted by Crippen LogP contribution is -2.56. The number of hydrogen-bond acceptors (Lipinski definition) is 8. The summed E-state index contributed by atoms with van der Waals surface area (Å²) in [7, 11) is 0. The van der Waals surface area contributed by atoms with Crippen molar-refractivity contribution in [3.63, 3.8) is 0 Å². The summed E-state index contributed by atoms with van der Waals surface area (Å²) < 4.78 is 107. The molecule has 1 unspecified atom stereocenters. The number of aliphatic imine (C=N–C) groups is 1. The molecule has 0 saturated heterocycles. The van der Waals surface area contributed by atoms with Crippen LogP contribution in [0.2, 0.25) is 5.02 Å². The minimum atomic E-state index is -5.08. The second-order valence-electron chi connectivity index (χ2n) is 16.3. The van der Waals surface area contributed by atoms with Crippen molar-refractivity contribution in [2.75, 3.05) is 6.54 Å². The number of amides is 3. The van der Waals surface area contributed by atoms with Gasteiger partial charge in [-0.3, -0.25) is 24.9 Å². The van der Waals surface area contributed by atoms with Crippen molar-refractivity contribution >= 4 is 46.4 Å². The summed E-state index contributed by atoms with van der Waals surface area (Å²) in [6.07, 6.45) is -13.8. The largest absolute Gasteiger partial charge is 0.465 e. The zero-order valence-electron chi connectivity index (χ0n) is 33.6. The molecule has 0 bridgehead atoms. The minimum Gasteiger partial charge on any atom is -0.465 e. The van der Waals surface area contributed by atoms with Gasteiger partial charge in [-0.1, -0.05) is 80.9 Å². The second kappa shape index (κ2) is 16.8. The first-order chi connectivity index (χ1) is 29.7. The highest BCUT2D eigenvalue weighted by Crippen LogP contribution is 2.55. The standard InChI is InChI=1S/C42H38ClF7N8O5/c1-39(2,3)21-41(26-10-11-27-24(17-26)13-16-51-31(27)32(44)45)35(59)57(36(55-41)54-37(60)63-20-23-7-5-4-6-8-23)30(19-56(38(61)62)40(14-15-40)42(48,49)50)25-9-12-28(43)29(18-25)58-34(33(46)47)52-22-53-58/h4-13,16-18,22,30,32-33H,14-15,19-21H2,1-3H3,(H,61,62)(H,54,55,60)/t30?,41-/m1/s1. The SMILES string of the molecule is CC(C)(C)C[C@]1(c2ccc3c(C(F)F)nccc3c2)N=C(NC(=O)OCc2ccccc2)N(C(CN(C(=O)O)C2(C(F)(F)F)CC2)c2ccc(Cl)c(-n3ncnc3C(F)F)c2)C1=O. The van der Waals surface area contributed by atoms with Crippen LogP contribution in [0, 0.1) is 5.41 Å². The lowest BCUT2D eigenvalue weighted by atomic mass is 9.75. The van der Waals surface area contributed by atoms with Gasteiger partial charge in [0.05, 0.1) is 23.3 Å². The van der Waals surface area contributed by atoms with Crippen LogP contribution in [0.1, 0.15) is 87.1 Å². The third kappa shape index (κ3) is 8.72. The van der Waals surface area contributed by atoms with Crippen LogP contribution in [0.3, 0.4) is 0 Å². The van der Waals surface area contributed by atoms with Crippen molar-refractivity contribution in [2.24, 2.45) is 10.4 Å². The fourth-order valence-corrected chi connectivity index (χ4v) is 8.06. The number of guanidine groups is 1. The number of aromatic nitrogens is 4. The first kappa shape index (κ1) is 44.7. The van der Waals surface area contributed by atoms with Crippen LogP contribution >= 0.6 is 11.6 Å². The number of halogens is 8. The highest BCUT2D eigenvalue weighted by Gasteiger charge is 2.69. The maximum Gasteiger partial charge on any atom is 0.414 e. The number of carboxylic acid groups (broad SMARTS) is 1. The molecule has 7 rings (SSSR count). The van der Waals surface area contributed by atoms with E-state index in [1.165, 1.54) is 36.4 Å². The van der Waals surface area contributed by atoms with E-state index in [2.05, 4.69) is 20.4 Å². The zero-order valence-corrected chi connectivity index (χ0v) is 34.3. The molecule has 332 valence electrons. The third-order valence-corrected chi connectivity index (χ3v) is 11.1. The molecular weight excluding hydrogens is 865 g/mol. The molecule has 5 aromatic rings. The minimum absolute atomic E-state index is 0.0538. The predicted octanol–water partition coefficient (Wildman–Crippen LogP) is 9.92. The molecule has 1 fully saturated rings. The van der Waals surface area contributed by atoms with Gasteiger partial charge in [0.15, 0.2) is 11.4 Å². The predicted molar refractivity (Wildman–Crippen MR) is 213 cm³/mol. The number of alkyl halides is 7. The number of alkyl carbamates (subject to hydrolysis) is 1. The van der Waals surface area contributed by atoms with Crippen molar-refractivity contribution in [1.29, 1.82) is 0 Å². The Bertz CT molecular complexity index is 2580. The van der Waals surface area contributed by atoms with Gasteiger partial charge in [0, 0.05) is 11.6 Å². The number of nitrogens with one attached hydrogen (secondary N) is 1. The highest BCUT2D eigenvalue weighted by molar-refractivity contribution is 6.32. The smallest absolute Gasteiger partial charge is 0.414 e. The number of benzene rings is 3. The van der Waals surface area contributed by atoms with Crippen LogP contribution in [0.25, 0.3) is 16.5 Å². The van der Waals surface area contributed by atoms with Crippen molar-refractivity contribution in [3.8, 4) is 5.69 Å². The van der Waals surface area contributed by atoms with Gasteiger partial charge in [0.25, 0.3) is 18.8 Å². The van der Waals surface area contributed by atoms with E-state index in [4.69, 9.17) is 21.3 Å². The molecule has 1 saturated carbocycles. The fraction of sp³-hybridized carbons (Fsp3) is 0.357. The van der Waals surface area contributed by atoms with Crippen LogP contribution in [0.5, 0.6) is 0 Å². The Morgan fingerprint density at radius 3 is 2.30 bits per heavy atom. The van der Waals surface area contributed by atoms with E-state index >= 15 is 4.79 Å². The number of pyridine rings is 1. The molecule has 63 heavy (non-hydrogen) atoms. The van der Waals surface area contributed by atoms with Gasteiger partial charge >= 0.3 is 18.4 Å². The molecule has 3 aromatic carbocycles. The van der Waals surface area contributed by atoms with Crippen LogP contribution < -0.4 is 5.32 Å². The molecule has 21 heteroatoms. The van der Waals surface area contributed by atoms with Gasteiger partial charge in [0.2, 0.25) is 5.96 Å². The molecule has 2 aliphatic rings. The zero-order chi connectivity index (χ0) is 45.6. The molecular formula is C42H38ClF7N8O5. The Hall–Kier alpha value is -6.31. The maximum atomic E-state index is 15.7. The second-order valence-corrected chi connectivity index (χ2v) is 16.7. The summed E-state index contributed by atoms with van der Waals surface area (Å²) in [5, 5.41) is 16.9. The Balaban J connectivity index is 1.45. The van der Waals surface area contributed by atoms with E-state index in [9.17, 15) is 45.4 Å². The summed E-state index contributed by atoms with van der Waals surface area (Å²) in [5.41, 5.74) is -6.02. The van der Waals surface area contributed by atoms with E-state index in [-0.39, 0.29) is 50.5 Å². The summed E-state index contributed by atoms with van der Waals surface area (Å²) in [5.74, 6) is -2.42. The number of fused-ring (bicyclic) bond motifs is 1. The normalized spacial score (nSPS) is 17.9. The van der Waals surface area contributed by atoms with Gasteiger partial charge in [-0.05, 0) is 71.0 Å². The van der Waals surface area contributed by atoms with E-state index in [1.54, 1.807) is 51.1 Å². The quantitative estimate of drug-likeness (QED) is 0.117. The van der Waals surface area contributed by atoms with E-state index in [1.807, 2.05) is 0 Å². The molecule has 3 heterocycles. The molecule has 2 atom stereocenters. The van der Waals surface area contributed by atoms with Crippen LogP contribution in [-0.2, 0) is 21.7 Å². The molecule has 0 radical (unpaired) electrons. The number of carbonyl (C=O) groups is 3. The molecule has 2 aromatic heterocycles. The number of rotatable bonds is 12. The van der Waals surface area contributed by atoms with Gasteiger partial charge in [0.1, 0.15) is 24.2 Å². The monoisotopic (exact) mass is 902 g/mol. The van der Waals surface area contributed by atoms with E-state index in [0.717, 1.165) is 23.5 Å². The van der Waals surface area contributed by atoms with Crippen LogP contribution in [-0.4, -0.2) is 77.0 Å². The van der Waals surface area contributed by atoms with Gasteiger partial charge in [-0.15, -0.1) is 0 Å². The van der Waals surface area contributed by atoms with Gasteiger partial charge in [-0.25, -0.2) is 41.8 Å². The Labute approximate surface area is 359 Å². The van der Waals surface area contributed by atoms with Crippen LogP contribution in [0.4, 0.5) is 40.3 Å². The number of nitrogens with zero attached hydrogens (tertiary/aromatic N) is 7. The van der Waals surface area contributed by atoms with Gasteiger partial charge in [-0.2, -0.15) is 18.3 Å². The molecule has 13 nitrogen and oxygen atoms in total. The van der Waals surface area contributed by atoms with Crippen molar-refractivity contribution < 1.29 is 55.0 Å². The average molecular weight is 903 g/mol. The lowest BCUT2D eigenvalue weighted by Gasteiger charge is -2.39. The van der Waals surface area contributed by atoms with Crippen molar-refractivity contribution in [3.05, 3.63) is 119 Å². The number of carbonyl (C=O) groups excluding carboxylic acids is 2. The maximum absolute atomic E-state index is 15.7. The van der Waals surface area contributed by atoms with E-state index in [0.29, 0.717) is 10.2 Å². The Morgan fingerprint density at radius 2 is 1.68 bits per heavy atom. The molecule has 2 N–H and O–H groups in total. The van der Waals surface area contributed by atoms with Crippen molar-refractivity contribution in [1.82, 2.24) is 34.9 Å². The summed E-state index contributed by atoms with van der Waals surface area (Å²) in [6, 6.07) is 15.8. The first-order valence-electron chi connectivity index (χ1n) is 19.3. The topological polar surface area (TPSA) is 155 Å².